The van der Waals surface area contributed by atoms with Crippen molar-refractivity contribution in [1.29, 1.82) is 0 Å². The van der Waals surface area contributed by atoms with Gasteiger partial charge in [0.05, 0.1) is 12.4 Å². The molecule has 0 unspecified atom stereocenters. The molecular formula is C12H12N6. The lowest BCUT2D eigenvalue weighted by atomic mass is 10.5. The number of aromatic nitrogens is 6. The molecule has 6 heteroatoms. The third kappa shape index (κ3) is 8.54. The second kappa shape index (κ2) is 10.7. The summed E-state index contributed by atoms with van der Waals surface area (Å²) in [6.07, 6.45) is 9.93. The van der Waals surface area contributed by atoms with Gasteiger partial charge in [0.1, 0.15) is 0 Å². The zero-order chi connectivity index (χ0) is 12.7. The molecule has 6 nitrogen and oxygen atoms in total. The molecule has 3 heterocycles. The van der Waals surface area contributed by atoms with Crippen LogP contribution in [0.3, 0.4) is 0 Å². The van der Waals surface area contributed by atoms with Crippen molar-refractivity contribution >= 4 is 0 Å². The normalized spacial score (nSPS) is 8.00. The van der Waals surface area contributed by atoms with Crippen molar-refractivity contribution in [3.8, 4) is 0 Å². The van der Waals surface area contributed by atoms with Gasteiger partial charge in [0.25, 0.3) is 0 Å². The molecule has 0 atom stereocenters. The van der Waals surface area contributed by atoms with Crippen LogP contribution >= 0.6 is 0 Å². The van der Waals surface area contributed by atoms with Gasteiger partial charge in [-0.05, 0) is 34.7 Å². The number of hydrogen-bond donors (Lipinski definition) is 0. The molecule has 0 radical (unpaired) electrons. The predicted octanol–water partition coefficient (Wildman–Crippen LogP) is 1.43. The van der Waals surface area contributed by atoms with Crippen LogP contribution in [0, 0.1) is 0 Å². The molecule has 0 aliphatic heterocycles. The first-order chi connectivity index (χ1) is 9.00. The summed E-state index contributed by atoms with van der Waals surface area (Å²) in [7, 11) is 0. The third-order valence-corrected chi connectivity index (χ3v) is 1.48. The average Bonchev–Trinajstić information content (AvgIpc) is 2.54. The molecule has 0 saturated carbocycles. The fourth-order valence-electron chi connectivity index (χ4n) is 0.791. The first-order valence-corrected chi connectivity index (χ1v) is 5.15. The van der Waals surface area contributed by atoms with E-state index in [0.29, 0.717) is 0 Å². The summed E-state index contributed by atoms with van der Waals surface area (Å²) in [6, 6.07) is 11.4. The van der Waals surface area contributed by atoms with Crippen molar-refractivity contribution in [1.82, 2.24) is 30.6 Å². The Morgan fingerprint density at radius 1 is 0.389 bits per heavy atom. The quantitative estimate of drug-likeness (QED) is 0.591. The number of nitrogens with zero attached hydrogens (tertiary/aromatic N) is 6. The van der Waals surface area contributed by atoms with Crippen LogP contribution in [-0.4, -0.2) is 30.6 Å². The Balaban J connectivity index is 0.000000135. The molecular weight excluding hydrogens is 228 g/mol. The van der Waals surface area contributed by atoms with Crippen molar-refractivity contribution < 1.29 is 0 Å². The lowest BCUT2D eigenvalue weighted by Crippen LogP contribution is -1.84. The van der Waals surface area contributed by atoms with E-state index >= 15 is 0 Å². The van der Waals surface area contributed by atoms with Crippen LogP contribution in [0.2, 0.25) is 0 Å². The van der Waals surface area contributed by atoms with Crippen LogP contribution in [0.4, 0.5) is 0 Å². The lowest BCUT2D eigenvalue weighted by Gasteiger charge is -1.70. The van der Waals surface area contributed by atoms with Gasteiger partial charge in [0.15, 0.2) is 0 Å². The first-order valence-electron chi connectivity index (χ1n) is 5.15. The summed E-state index contributed by atoms with van der Waals surface area (Å²) in [5.74, 6) is 0. The Morgan fingerprint density at radius 3 is 0.889 bits per heavy atom. The molecule has 3 aromatic rings. The minimum Gasteiger partial charge on any atom is -0.265 e. The fraction of sp³-hybridized carbons (Fsp3) is 0. The maximum absolute atomic E-state index is 3.78. The Bertz CT molecular complexity index is 307. The van der Waals surface area contributed by atoms with Gasteiger partial charge in [-0.3, -0.25) is 9.97 Å². The van der Waals surface area contributed by atoms with Crippen LogP contribution in [-0.2, 0) is 0 Å². The van der Waals surface area contributed by atoms with Crippen molar-refractivity contribution in [3.05, 3.63) is 73.6 Å². The summed E-state index contributed by atoms with van der Waals surface area (Å²) >= 11 is 0. The standard InChI is InChI=1S/2C5H5N.C2H2N4/c3*1-2-4-6-5-3-1/h2*1-5H;1-2H. The maximum atomic E-state index is 3.78. The molecule has 90 valence electrons. The van der Waals surface area contributed by atoms with Crippen molar-refractivity contribution in [2.75, 3.05) is 0 Å². The minimum atomic E-state index is 1.47. The van der Waals surface area contributed by atoms with Crippen LogP contribution in [0.25, 0.3) is 0 Å². The van der Waals surface area contributed by atoms with E-state index in [0.717, 1.165) is 0 Å². The van der Waals surface area contributed by atoms with Gasteiger partial charge in [0.2, 0.25) is 0 Å². The molecule has 0 aliphatic carbocycles. The van der Waals surface area contributed by atoms with Gasteiger partial charge < -0.3 is 0 Å². The van der Waals surface area contributed by atoms with E-state index in [1.165, 1.54) is 12.4 Å². The van der Waals surface area contributed by atoms with Crippen LogP contribution in [0.1, 0.15) is 0 Å². The van der Waals surface area contributed by atoms with Gasteiger partial charge in [0, 0.05) is 24.8 Å². The molecule has 0 spiro atoms. The van der Waals surface area contributed by atoms with Gasteiger partial charge in [-0.2, -0.15) is 0 Å². The number of rotatable bonds is 0. The van der Waals surface area contributed by atoms with E-state index in [4.69, 9.17) is 0 Å². The van der Waals surface area contributed by atoms with E-state index < -0.39 is 0 Å². The fourth-order valence-corrected chi connectivity index (χ4v) is 0.791. The van der Waals surface area contributed by atoms with Crippen molar-refractivity contribution in [2.24, 2.45) is 0 Å². The Hall–Kier alpha value is -2.76. The van der Waals surface area contributed by atoms with E-state index in [1.54, 1.807) is 24.8 Å². The highest BCUT2D eigenvalue weighted by Crippen LogP contribution is 1.74. The first kappa shape index (κ1) is 13.3. The molecule has 0 fully saturated rings. The van der Waals surface area contributed by atoms with Gasteiger partial charge in [-0.15, -0.1) is 10.2 Å². The molecule has 0 N–H and O–H groups in total. The third-order valence-electron chi connectivity index (χ3n) is 1.48. The summed E-state index contributed by atoms with van der Waals surface area (Å²) in [4.78, 5) is 7.57. The molecule has 3 aromatic heterocycles. The molecule has 18 heavy (non-hydrogen) atoms. The molecule has 0 aromatic carbocycles. The zero-order valence-electron chi connectivity index (χ0n) is 9.61. The molecule has 0 aliphatic rings. The second-order valence-electron chi connectivity index (χ2n) is 2.76. The predicted molar refractivity (Wildman–Crippen MR) is 66.1 cm³/mol. The number of hydrogen-bond acceptors (Lipinski definition) is 6. The largest absolute Gasteiger partial charge is 0.265 e. The smallest absolute Gasteiger partial charge is 0.0716 e. The van der Waals surface area contributed by atoms with Crippen LogP contribution in [0.5, 0.6) is 0 Å². The summed E-state index contributed by atoms with van der Waals surface area (Å²) in [5, 5.41) is 13.1. The Labute approximate surface area is 105 Å². The number of pyridine rings is 2. The minimum absolute atomic E-state index is 1.47. The highest BCUT2D eigenvalue weighted by Gasteiger charge is 1.61. The van der Waals surface area contributed by atoms with Crippen LogP contribution in [0.15, 0.2) is 73.6 Å². The van der Waals surface area contributed by atoms with Gasteiger partial charge in [-0.1, -0.05) is 12.1 Å². The summed E-state index contributed by atoms with van der Waals surface area (Å²) in [6.45, 7) is 0. The van der Waals surface area contributed by atoms with Crippen molar-refractivity contribution in [3.63, 3.8) is 0 Å². The summed E-state index contributed by atoms with van der Waals surface area (Å²) < 4.78 is 0. The molecule has 0 bridgehead atoms. The van der Waals surface area contributed by atoms with Gasteiger partial charge >= 0.3 is 0 Å². The molecule has 3 rings (SSSR count). The highest BCUT2D eigenvalue weighted by atomic mass is 15.4. The van der Waals surface area contributed by atoms with Crippen LogP contribution < -0.4 is 0 Å². The van der Waals surface area contributed by atoms with E-state index in [-0.39, 0.29) is 0 Å². The zero-order valence-corrected chi connectivity index (χ0v) is 9.61. The average molecular weight is 240 g/mol. The van der Waals surface area contributed by atoms with Gasteiger partial charge in [-0.25, -0.2) is 0 Å². The highest BCUT2D eigenvalue weighted by molar-refractivity contribution is 4.88. The lowest BCUT2D eigenvalue weighted by molar-refractivity contribution is 0.761. The second-order valence-corrected chi connectivity index (χ2v) is 2.76. The maximum Gasteiger partial charge on any atom is 0.0716 e. The topological polar surface area (TPSA) is 77.3 Å². The Kier molecular flexibility index (Phi) is 7.94. The van der Waals surface area contributed by atoms with E-state index in [2.05, 4.69) is 30.6 Å². The van der Waals surface area contributed by atoms with E-state index in [9.17, 15) is 0 Å². The summed E-state index contributed by atoms with van der Waals surface area (Å²) in [5.41, 5.74) is 0. The Morgan fingerprint density at radius 2 is 0.778 bits per heavy atom. The van der Waals surface area contributed by atoms with E-state index in [1.807, 2.05) is 36.4 Å². The molecule has 0 amide bonds. The molecule has 0 saturated heterocycles. The monoisotopic (exact) mass is 240 g/mol. The SMILES string of the molecule is c1ccncc1.c1ccncc1.c1cnnnn1. The van der Waals surface area contributed by atoms with Crippen molar-refractivity contribution in [2.45, 2.75) is 0 Å².